The number of Topliss-reactive ketones (excluding diaryl/α,β-unsaturated/α-hetero) is 4. The number of thioether (sulfide) groups is 1. The zero-order chi connectivity index (χ0) is 88.5. The second-order valence-electron chi connectivity index (χ2n) is 31.7. The molecular weight excluding hydrogens is 1550 g/mol. The quantitative estimate of drug-likeness (QED) is 0.0349. The number of primary amides is 1. The molecule has 1 fully saturated rings. The molecule has 2 aromatic carbocycles. The van der Waals surface area contributed by atoms with Gasteiger partial charge in [-0.15, -0.1) is 11.8 Å². The first-order valence-electron chi connectivity index (χ1n) is 41.1. The molecule has 1 aliphatic heterocycles. The number of carboxylic acids is 1. The van der Waals surface area contributed by atoms with Crippen LogP contribution in [0.5, 0.6) is 0 Å². The standard InChI is InChI=1S/C84H134N12O21S/c1-16-53(8)76(67(114-14)44-72(104)96-38-24-28-63(96)78(115-15)56(11)64(98)41-54(9)77(107)58-25-19-17-20-26-58)94(12)82(111)61(50(2)3)43-66(100)75(52(6)7)95(13)84(113)117-48-57-30-32-60(33-31-57)91-79(108)59(27-23-36-89-83(86)112)42-65(99)74(51(4)5)93-69(101)29-21-18-22-35-88-81(110)68(45-73(105)106)118-49-62(80(109)90-47-55(10)97)92-70(102)34-39-116-40-37-87-71(103)46-85/h17,19-20,25-26,30-33,50-54,56,59,61-63,67-68,74-78,107H,16,18,21-24,27-29,34-49,85H2,1-15H3,(H,87,103)(H,88,110)(H,90,109)(H,91,108)(H,92,102)(H,93,101)(H,105,106)(H3,86,89,112)/t53?,54-,56?,59?,61?,62?,63-,67?,68?,74?,75+,76-,77+,78?/m0/s1. The zero-order valence-electron chi connectivity index (χ0n) is 71.7. The Balaban J connectivity index is 1.63. The van der Waals surface area contributed by atoms with Crippen LogP contribution in [0.4, 0.5) is 15.3 Å². The minimum atomic E-state index is -1.30. The number of aliphatic hydroxyl groups is 1. The lowest BCUT2D eigenvalue weighted by atomic mass is 9.83. The van der Waals surface area contributed by atoms with E-state index in [1.54, 1.807) is 75.7 Å². The Labute approximate surface area is 699 Å². The molecule has 1 saturated heterocycles. The van der Waals surface area contributed by atoms with Gasteiger partial charge in [0.25, 0.3) is 0 Å². The van der Waals surface area contributed by atoms with Crippen LogP contribution in [0.3, 0.4) is 0 Å². The van der Waals surface area contributed by atoms with E-state index in [1.807, 2.05) is 65.0 Å². The number of hydrogen-bond donors (Lipinski definition) is 11. The number of hydrogen-bond acceptors (Lipinski definition) is 22. The number of carboxylic acid groups (broad SMARTS) is 1. The van der Waals surface area contributed by atoms with Crippen LogP contribution in [0.1, 0.15) is 190 Å². The number of rotatable bonds is 58. The number of likely N-dealkylation sites (N-methyl/N-ethyl adjacent to an activating group) is 2. The number of nitrogens with zero attached hydrogens (tertiary/aromatic N) is 3. The summed E-state index contributed by atoms with van der Waals surface area (Å²) in [4.78, 5) is 204. The number of ketones is 4. The molecular formula is C84H134N12O21S. The van der Waals surface area contributed by atoms with Gasteiger partial charge in [-0.1, -0.05) is 125 Å². The highest BCUT2D eigenvalue weighted by atomic mass is 32.2. The van der Waals surface area contributed by atoms with Gasteiger partial charge >= 0.3 is 18.1 Å². The van der Waals surface area contributed by atoms with Crippen LogP contribution < -0.4 is 48.7 Å². The summed E-state index contributed by atoms with van der Waals surface area (Å²) in [6.45, 7) is 19.7. The Hall–Kier alpha value is -8.96. The monoisotopic (exact) mass is 1680 g/mol. The van der Waals surface area contributed by atoms with E-state index in [1.165, 1.54) is 33.1 Å². The van der Waals surface area contributed by atoms with E-state index >= 15 is 0 Å². The fourth-order valence-electron chi connectivity index (χ4n) is 14.5. The summed E-state index contributed by atoms with van der Waals surface area (Å²) in [5.74, 6) is -10.7. The number of anilines is 1. The van der Waals surface area contributed by atoms with Gasteiger partial charge in [-0.3, -0.25) is 62.3 Å². The van der Waals surface area contributed by atoms with Crippen molar-refractivity contribution in [3.8, 4) is 0 Å². The van der Waals surface area contributed by atoms with Crippen molar-refractivity contribution in [3.63, 3.8) is 0 Å². The number of urea groups is 1. The summed E-state index contributed by atoms with van der Waals surface area (Å²) >= 11 is 0.818. The Morgan fingerprint density at radius 1 is 0.653 bits per heavy atom. The van der Waals surface area contributed by atoms with Crippen molar-refractivity contribution in [1.82, 2.24) is 46.6 Å². The number of carbonyl (C=O) groups is 15. The van der Waals surface area contributed by atoms with Gasteiger partial charge in [0.1, 0.15) is 24.2 Å². The average molecular weight is 1680 g/mol. The summed E-state index contributed by atoms with van der Waals surface area (Å²) < 4.78 is 23.3. The van der Waals surface area contributed by atoms with Crippen LogP contribution in [0.2, 0.25) is 0 Å². The van der Waals surface area contributed by atoms with E-state index < -0.39 is 143 Å². The van der Waals surface area contributed by atoms with Crippen molar-refractivity contribution in [1.29, 1.82) is 0 Å². The number of likely N-dealkylation sites (tertiary alicyclic amines) is 1. The maximum Gasteiger partial charge on any atom is 0.410 e. The largest absolute Gasteiger partial charge is 0.481 e. The van der Waals surface area contributed by atoms with Gasteiger partial charge in [0, 0.05) is 116 Å². The number of methoxy groups -OCH3 is 2. The molecule has 0 bridgehead atoms. The number of nitrogens with one attached hydrogen (secondary N) is 7. The Morgan fingerprint density at radius 2 is 1.31 bits per heavy atom. The summed E-state index contributed by atoms with van der Waals surface area (Å²) in [5.41, 5.74) is 12.1. The molecule has 0 spiro atoms. The Kier molecular flexibility index (Phi) is 47.5. The molecule has 2 aromatic rings. The fourth-order valence-corrected chi connectivity index (χ4v) is 15.6. The lowest BCUT2D eigenvalue weighted by molar-refractivity contribution is -0.149. The number of ether oxygens (including phenoxy) is 4. The van der Waals surface area contributed by atoms with Crippen LogP contribution >= 0.6 is 11.8 Å². The lowest BCUT2D eigenvalue weighted by Gasteiger charge is -2.41. The molecule has 9 unspecified atom stereocenters. The van der Waals surface area contributed by atoms with Crippen molar-refractivity contribution >= 4 is 106 Å². The highest BCUT2D eigenvalue weighted by molar-refractivity contribution is 8.00. The summed E-state index contributed by atoms with van der Waals surface area (Å²) in [5, 5.41) is 37.8. The number of carbonyl (C=O) groups excluding carboxylic acids is 14. The SMILES string of the molecule is CCC(C)[C@@H](C(CC(=O)N1CCC[C@H]1C(OC)C(C)C(=O)C[C@H](C)[C@@H](O)c1ccccc1)OC)N(C)C(=O)C(CC(=O)[C@@H](C(C)C)N(C)C(=O)OCc1ccc(NC(=O)C(CCCNC(N)=O)CC(=O)C(NC(=O)CCCCCNC(=O)C(CC(=O)O)SCC(NC(=O)CCOCCNC(=O)CN)C(=O)NCC(C)=O)C(C)C)cc1)C(C)C. The van der Waals surface area contributed by atoms with Crippen LogP contribution in [-0.2, 0) is 87.9 Å². The van der Waals surface area contributed by atoms with Gasteiger partial charge in [-0.25, -0.2) is 9.59 Å². The molecule has 1 heterocycles. The smallest absolute Gasteiger partial charge is 0.410 e. The van der Waals surface area contributed by atoms with Gasteiger partial charge in [-0.2, -0.15) is 0 Å². The predicted octanol–water partition coefficient (Wildman–Crippen LogP) is 5.79. The second kappa shape index (κ2) is 54.3. The number of unbranched alkanes of at least 4 members (excludes halogenated alkanes) is 2. The fraction of sp³-hybridized carbons (Fsp3) is 0.679. The summed E-state index contributed by atoms with van der Waals surface area (Å²) in [6, 6.07) is 10.6. The van der Waals surface area contributed by atoms with E-state index in [0.717, 1.165) is 17.3 Å². The molecule has 34 heteroatoms. The van der Waals surface area contributed by atoms with E-state index in [0.29, 0.717) is 56.3 Å². The number of nitrogens with two attached hydrogens (primary N) is 2. The summed E-state index contributed by atoms with van der Waals surface area (Å²) in [7, 11) is 6.18. The summed E-state index contributed by atoms with van der Waals surface area (Å²) in [6.07, 6.45) is -0.831. The van der Waals surface area contributed by atoms with Gasteiger partial charge in [-0.05, 0) is 98.3 Å². The molecule has 0 saturated carbocycles. The molecule has 0 aliphatic carbocycles. The molecule has 118 heavy (non-hydrogen) atoms. The molecule has 11 amide bonds. The molecule has 33 nitrogen and oxygen atoms in total. The first-order valence-corrected chi connectivity index (χ1v) is 42.1. The molecule has 0 radical (unpaired) electrons. The molecule has 13 N–H and O–H groups in total. The van der Waals surface area contributed by atoms with Crippen LogP contribution in [0.15, 0.2) is 54.6 Å². The number of aliphatic hydroxyl groups excluding tert-OH is 1. The third kappa shape index (κ3) is 35.9. The molecule has 1 aliphatic rings. The maximum absolute atomic E-state index is 15.0. The van der Waals surface area contributed by atoms with E-state index in [9.17, 15) is 82.1 Å². The Morgan fingerprint density at radius 3 is 1.91 bits per heavy atom. The molecule has 3 rings (SSSR count). The first kappa shape index (κ1) is 103. The maximum atomic E-state index is 15.0. The number of amides is 11. The van der Waals surface area contributed by atoms with E-state index in [-0.39, 0.29) is 162 Å². The highest BCUT2D eigenvalue weighted by Gasteiger charge is 2.44. The lowest BCUT2D eigenvalue weighted by Crippen LogP contribution is -2.54. The van der Waals surface area contributed by atoms with Crippen molar-refractivity contribution in [2.75, 3.05) is 91.9 Å². The normalized spacial score (nSPS) is 16.0. The van der Waals surface area contributed by atoms with Crippen LogP contribution in [0.25, 0.3) is 0 Å². The number of aliphatic carboxylic acids is 1. The topological polar surface area (TPSA) is 479 Å². The zero-order valence-corrected chi connectivity index (χ0v) is 72.6. The number of benzene rings is 2. The second-order valence-corrected chi connectivity index (χ2v) is 33.0. The van der Waals surface area contributed by atoms with Crippen molar-refractivity contribution < 1.29 is 101 Å². The first-order chi connectivity index (χ1) is 55.8. The van der Waals surface area contributed by atoms with Gasteiger partial charge in [0.2, 0.25) is 47.3 Å². The Bertz CT molecular complexity index is 3570. The molecule has 662 valence electrons. The van der Waals surface area contributed by atoms with Gasteiger partial charge < -0.3 is 92.5 Å². The average Bonchev–Trinajstić information content (AvgIpc) is 1.74. The van der Waals surface area contributed by atoms with Crippen molar-refractivity contribution in [2.45, 2.75) is 233 Å². The molecule has 14 atom stereocenters. The third-order valence-electron chi connectivity index (χ3n) is 21.4. The van der Waals surface area contributed by atoms with Crippen molar-refractivity contribution in [2.24, 2.45) is 58.8 Å². The predicted molar refractivity (Wildman–Crippen MR) is 446 cm³/mol. The van der Waals surface area contributed by atoms with Gasteiger partial charge in [0.15, 0.2) is 11.6 Å². The highest BCUT2D eigenvalue weighted by Crippen LogP contribution is 2.34. The van der Waals surface area contributed by atoms with Crippen LogP contribution in [0, 0.1) is 47.3 Å². The molecule has 0 aromatic heterocycles. The van der Waals surface area contributed by atoms with Crippen LogP contribution in [-0.4, -0.2) is 248 Å². The van der Waals surface area contributed by atoms with Gasteiger partial charge in [0.05, 0.1) is 86.9 Å². The minimum Gasteiger partial charge on any atom is -0.481 e. The van der Waals surface area contributed by atoms with Crippen molar-refractivity contribution in [3.05, 3.63) is 65.7 Å². The minimum absolute atomic E-state index is 0.00471. The van der Waals surface area contributed by atoms with E-state index in [4.69, 9.17) is 30.4 Å². The van der Waals surface area contributed by atoms with E-state index in [2.05, 4.69) is 37.2 Å². The third-order valence-corrected chi connectivity index (χ3v) is 22.7.